The highest BCUT2D eigenvalue weighted by molar-refractivity contribution is 7.89. The monoisotopic (exact) mass is 318 g/mol. The number of nitrogens with zero attached hydrogens (tertiary/aromatic N) is 1. The molecule has 2 rings (SSSR count). The van der Waals surface area contributed by atoms with Gasteiger partial charge in [-0.15, -0.1) is 0 Å². The van der Waals surface area contributed by atoms with Gasteiger partial charge in [0.25, 0.3) is 0 Å². The molecule has 0 aromatic heterocycles. The predicted molar refractivity (Wildman–Crippen MR) is 73.8 cm³/mol. The van der Waals surface area contributed by atoms with E-state index in [2.05, 4.69) is 5.32 Å². The van der Waals surface area contributed by atoms with Gasteiger partial charge in [-0.2, -0.15) is 4.31 Å². The molecule has 1 aromatic rings. The number of rotatable bonds is 3. The molecule has 20 heavy (non-hydrogen) atoms. The smallest absolute Gasteiger partial charge is 0.243 e. The third-order valence-electron chi connectivity index (χ3n) is 3.10. The van der Waals surface area contributed by atoms with Crippen molar-refractivity contribution in [3.05, 3.63) is 29.3 Å². The number of halogens is 1. The Labute approximate surface area is 122 Å². The molecule has 1 aromatic carbocycles. The molecule has 1 amide bonds. The first-order valence-corrected chi connectivity index (χ1v) is 7.83. The first kappa shape index (κ1) is 15.2. The second-order valence-electron chi connectivity index (χ2n) is 4.65. The van der Waals surface area contributed by atoms with Gasteiger partial charge >= 0.3 is 0 Å². The van der Waals surface area contributed by atoms with E-state index < -0.39 is 22.2 Å². The Bertz CT molecular complexity index is 602. The molecule has 0 unspecified atom stereocenters. The topological polar surface area (TPSA) is 86.7 Å². The standard InChI is InChI=1S/C12H15ClN2O4S/c1-8(16)14-11-6-15(7-12(11)17)20(18,19)10-4-2-9(13)3-5-10/h2-5,11-12,17H,6-7H2,1H3,(H,14,16)/t11-,12-/m1/s1. The van der Waals surface area contributed by atoms with Crippen LogP contribution in [0, 0.1) is 0 Å². The lowest BCUT2D eigenvalue weighted by Gasteiger charge is -2.16. The number of aliphatic hydroxyl groups excluding tert-OH is 1. The van der Waals surface area contributed by atoms with Crippen molar-refractivity contribution < 1.29 is 18.3 Å². The fraction of sp³-hybridized carbons (Fsp3) is 0.417. The number of sulfonamides is 1. The number of nitrogens with one attached hydrogen (secondary N) is 1. The zero-order valence-corrected chi connectivity index (χ0v) is 12.4. The minimum Gasteiger partial charge on any atom is -0.390 e. The summed E-state index contributed by atoms with van der Waals surface area (Å²) in [5, 5.41) is 12.8. The molecule has 0 bridgehead atoms. The van der Waals surface area contributed by atoms with Crippen LogP contribution in [0.5, 0.6) is 0 Å². The number of carbonyl (C=O) groups is 1. The van der Waals surface area contributed by atoms with Crippen LogP contribution in [0.2, 0.25) is 5.02 Å². The molecule has 1 heterocycles. The first-order chi connectivity index (χ1) is 9.30. The van der Waals surface area contributed by atoms with Crippen LogP contribution in [0.3, 0.4) is 0 Å². The van der Waals surface area contributed by atoms with E-state index in [9.17, 15) is 18.3 Å². The first-order valence-electron chi connectivity index (χ1n) is 6.01. The Hall–Kier alpha value is -1.15. The summed E-state index contributed by atoms with van der Waals surface area (Å²) in [6, 6.07) is 5.22. The molecule has 0 aliphatic carbocycles. The summed E-state index contributed by atoms with van der Waals surface area (Å²) in [6.45, 7) is 1.32. The average Bonchev–Trinajstić information content (AvgIpc) is 2.71. The molecule has 8 heteroatoms. The SMILES string of the molecule is CC(=O)N[C@@H]1CN(S(=O)(=O)c2ccc(Cl)cc2)C[C@H]1O. The third-order valence-corrected chi connectivity index (χ3v) is 5.19. The van der Waals surface area contributed by atoms with Crippen LogP contribution in [0.25, 0.3) is 0 Å². The maximum atomic E-state index is 12.4. The summed E-state index contributed by atoms with van der Waals surface area (Å²) < 4.78 is 25.9. The van der Waals surface area contributed by atoms with Gasteiger partial charge in [-0.3, -0.25) is 4.79 Å². The van der Waals surface area contributed by atoms with Gasteiger partial charge in [-0.05, 0) is 24.3 Å². The number of amides is 1. The number of benzene rings is 1. The van der Waals surface area contributed by atoms with Gasteiger partial charge in [-0.1, -0.05) is 11.6 Å². The van der Waals surface area contributed by atoms with Gasteiger partial charge < -0.3 is 10.4 Å². The third kappa shape index (κ3) is 3.12. The Kier molecular flexibility index (Phi) is 4.33. The molecule has 1 saturated heterocycles. The van der Waals surface area contributed by atoms with E-state index in [0.29, 0.717) is 5.02 Å². The summed E-state index contributed by atoms with van der Waals surface area (Å²) >= 11 is 5.73. The fourth-order valence-corrected chi connectivity index (χ4v) is 3.72. The normalized spacial score (nSPS) is 23.8. The number of aliphatic hydroxyl groups is 1. The van der Waals surface area contributed by atoms with Gasteiger partial charge in [0.1, 0.15) is 0 Å². The number of β-amino-alcohol motifs (C(OH)–C–C–N with tert-alkyl or cyclic N) is 1. The van der Waals surface area contributed by atoms with Crippen LogP contribution in [0.4, 0.5) is 0 Å². The Morgan fingerprint density at radius 3 is 2.50 bits per heavy atom. The largest absolute Gasteiger partial charge is 0.390 e. The van der Waals surface area contributed by atoms with Gasteiger partial charge in [0, 0.05) is 25.0 Å². The lowest BCUT2D eigenvalue weighted by molar-refractivity contribution is -0.120. The highest BCUT2D eigenvalue weighted by atomic mass is 35.5. The Morgan fingerprint density at radius 2 is 1.95 bits per heavy atom. The summed E-state index contributed by atoms with van der Waals surface area (Å²) in [4.78, 5) is 11.1. The highest BCUT2D eigenvalue weighted by Crippen LogP contribution is 2.22. The molecule has 2 N–H and O–H groups in total. The van der Waals surface area contributed by atoms with E-state index in [0.717, 1.165) is 4.31 Å². The van der Waals surface area contributed by atoms with Crippen molar-refractivity contribution in [1.82, 2.24) is 9.62 Å². The summed E-state index contributed by atoms with van der Waals surface area (Å²) in [5.41, 5.74) is 0. The number of hydrogen-bond donors (Lipinski definition) is 2. The Morgan fingerprint density at radius 1 is 1.35 bits per heavy atom. The lowest BCUT2D eigenvalue weighted by atomic mass is 10.2. The van der Waals surface area contributed by atoms with E-state index in [1.807, 2.05) is 0 Å². The summed E-state index contributed by atoms with van der Waals surface area (Å²) in [6.07, 6.45) is -0.916. The quantitative estimate of drug-likeness (QED) is 0.834. The van der Waals surface area contributed by atoms with E-state index in [1.54, 1.807) is 0 Å². The van der Waals surface area contributed by atoms with Crippen LogP contribution in [-0.4, -0.2) is 49.0 Å². The molecule has 0 saturated carbocycles. The molecule has 1 aliphatic heterocycles. The van der Waals surface area contributed by atoms with Crippen LogP contribution >= 0.6 is 11.6 Å². The molecule has 0 spiro atoms. The van der Waals surface area contributed by atoms with E-state index >= 15 is 0 Å². The molecule has 2 atom stereocenters. The molecule has 0 radical (unpaired) electrons. The Balaban J connectivity index is 2.19. The van der Waals surface area contributed by atoms with Crippen molar-refractivity contribution in [1.29, 1.82) is 0 Å². The second-order valence-corrected chi connectivity index (χ2v) is 7.02. The van der Waals surface area contributed by atoms with Crippen molar-refractivity contribution in [2.24, 2.45) is 0 Å². The van der Waals surface area contributed by atoms with Gasteiger partial charge in [0.2, 0.25) is 15.9 Å². The maximum Gasteiger partial charge on any atom is 0.243 e. The molecule has 1 fully saturated rings. The van der Waals surface area contributed by atoms with Crippen molar-refractivity contribution in [2.45, 2.75) is 24.0 Å². The van der Waals surface area contributed by atoms with E-state index in [1.165, 1.54) is 31.2 Å². The lowest BCUT2D eigenvalue weighted by Crippen LogP contribution is -2.41. The summed E-state index contributed by atoms with van der Waals surface area (Å²) in [5.74, 6) is -0.306. The molecule has 1 aliphatic rings. The zero-order chi connectivity index (χ0) is 14.9. The highest BCUT2D eigenvalue weighted by Gasteiger charge is 2.38. The molecule has 110 valence electrons. The van der Waals surface area contributed by atoms with Crippen molar-refractivity contribution in [3.63, 3.8) is 0 Å². The van der Waals surface area contributed by atoms with Crippen LogP contribution in [-0.2, 0) is 14.8 Å². The van der Waals surface area contributed by atoms with Gasteiger partial charge in [-0.25, -0.2) is 8.42 Å². The van der Waals surface area contributed by atoms with Gasteiger partial charge in [0.05, 0.1) is 17.0 Å². The van der Waals surface area contributed by atoms with Crippen LogP contribution in [0.15, 0.2) is 29.2 Å². The fourth-order valence-electron chi connectivity index (χ4n) is 2.11. The average molecular weight is 319 g/mol. The molecular formula is C12H15ClN2O4S. The van der Waals surface area contributed by atoms with Crippen LogP contribution < -0.4 is 5.32 Å². The van der Waals surface area contributed by atoms with Crippen molar-refractivity contribution in [3.8, 4) is 0 Å². The van der Waals surface area contributed by atoms with E-state index in [4.69, 9.17) is 11.6 Å². The van der Waals surface area contributed by atoms with E-state index in [-0.39, 0.29) is 23.9 Å². The number of hydrogen-bond acceptors (Lipinski definition) is 4. The minimum absolute atomic E-state index is 0.0457. The zero-order valence-electron chi connectivity index (χ0n) is 10.8. The predicted octanol–water partition coefficient (Wildman–Crippen LogP) is 0.210. The number of carbonyl (C=O) groups excluding carboxylic acids is 1. The van der Waals surface area contributed by atoms with Crippen molar-refractivity contribution >= 4 is 27.5 Å². The van der Waals surface area contributed by atoms with Crippen molar-refractivity contribution in [2.75, 3.05) is 13.1 Å². The molecule has 6 nitrogen and oxygen atoms in total. The van der Waals surface area contributed by atoms with Crippen LogP contribution in [0.1, 0.15) is 6.92 Å². The minimum atomic E-state index is -3.69. The van der Waals surface area contributed by atoms with Gasteiger partial charge in [0.15, 0.2) is 0 Å². The maximum absolute atomic E-state index is 12.4. The second kappa shape index (κ2) is 5.69. The summed E-state index contributed by atoms with van der Waals surface area (Å²) in [7, 11) is -3.69. The molecular weight excluding hydrogens is 304 g/mol.